The molecule has 0 aliphatic rings. The Hall–Kier alpha value is -0.670. The summed E-state index contributed by atoms with van der Waals surface area (Å²) in [4.78, 5) is 9.97. The highest BCUT2D eigenvalue weighted by atomic mass is 35.5. The van der Waals surface area contributed by atoms with Gasteiger partial charge in [0.1, 0.15) is 0 Å². The van der Waals surface area contributed by atoms with E-state index in [0.29, 0.717) is 0 Å². The lowest BCUT2D eigenvalue weighted by atomic mass is 10.5. The Morgan fingerprint density at radius 3 is 2.30 bits per heavy atom. The Morgan fingerprint density at radius 2 is 2.10 bits per heavy atom. The summed E-state index contributed by atoms with van der Waals surface area (Å²) < 4.78 is 4.50. The van der Waals surface area contributed by atoms with Gasteiger partial charge in [0.2, 0.25) is 5.76 Å². The summed E-state index contributed by atoms with van der Waals surface area (Å²) in [6.45, 7) is 0. The summed E-state index contributed by atoms with van der Waals surface area (Å²) in [5.41, 5.74) is 0. The standard InChI is InChI=1S/C5H4O3.2ClH/c6-5(7)4-2-1-3-8-4;;/h1-3H,(H,6,7);2*1H. The molecular formula is C5H6Cl2O3. The van der Waals surface area contributed by atoms with Gasteiger partial charge in [-0.15, -0.1) is 24.8 Å². The van der Waals surface area contributed by atoms with Gasteiger partial charge in [-0.25, -0.2) is 4.79 Å². The van der Waals surface area contributed by atoms with Crippen molar-refractivity contribution < 1.29 is 14.3 Å². The number of aromatic carboxylic acids is 1. The van der Waals surface area contributed by atoms with Crippen molar-refractivity contribution in [1.29, 1.82) is 0 Å². The van der Waals surface area contributed by atoms with E-state index >= 15 is 0 Å². The lowest BCUT2D eigenvalue weighted by Crippen LogP contribution is -1.90. The largest absolute Gasteiger partial charge is 0.475 e. The minimum atomic E-state index is -1.03. The van der Waals surface area contributed by atoms with Crippen molar-refractivity contribution in [2.45, 2.75) is 0 Å². The van der Waals surface area contributed by atoms with Crippen molar-refractivity contribution in [3.63, 3.8) is 0 Å². The van der Waals surface area contributed by atoms with Crippen LogP contribution in [0.15, 0.2) is 22.8 Å². The van der Waals surface area contributed by atoms with E-state index in [1.54, 1.807) is 0 Å². The average Bonchev–Trinajstić information content (AvgIpc) is 2.12. The maximum Gasteiger partial charge on any atom is 0.371 e. The van der Waals surface area contributed by atoms with Gasteiger partial charge in [-0.05, 0) is 12.1 Å². The molecule has 0 fully saturated rings. The molecule has 1 rings (SSSR count). The summed E-state index contributed by atoms with van der Waals surface area (Å²) >= 11 is 0. The molecule has 0 unspecified atom stereocenters. The van der Waals surface area contributed by atoms with Gasteiger partial charge in [0, 0.05) is 0 Å². The smallest absolute Gasteiger partial charge is 0.371 e. The van der Waals surface area contributed by atoms with Gasteiger partial charge < -0.3 is 9.52 Å². The number of rotatable bonds is 1. The molecule has 0 amide bonds. The first kappa shape index (κ1) is 12.0. The monoisotopic (exact) mass is 184 g/mol. The molecule has 1 aromatic rings. The molecule has 0 atom stereocenters. The normalized spacial score (nSPS) is 7.20. The molecule has 1 aromatic heterocycles. The van der Waals surface area contributed by atoms with Gasteiger partial charge in [-0.1, -0.05) is 0 Å². The predicted molar refractivity (Wildman–Crippen MR) is 40.2 cm³/mol. The zero-order valence-corrected chi connectivity index (χ0v) is 6.45. The topological polar surface area (TPSA) is 50.4 Å². The third-order valence-electron chi connectivity index (χ3n) is 0.732. The van der Waals surface area contributed by atoms with E-state index in [0.717, 1.165) is 0 Å². The molecule has 0 bridgehead atoms. The number of carboxylic acids is 1. The molecule has 1 heterocycles. The molecule has 5 heteroatoms. The number of furan rings is 1. The zero-order valence-electron chi connectivity index (χ0n) is 4.81. The first-order chi connectivity index (χ1) is 3.80. The third kappa shape index (κ3) is 2.75. The maximum absolute atomic E-state index is 9.97. The fourth-order valence-corrected chi connectivity index (χ4v) is 0.400. The number of halogens is 2. The fraction of sp³-hybridized carbons (Fsp3) is 0. The van der Waals surface area contributed by atoms with Crippen molar-refractivity contribution >= 4 is 30.8 Å². The van der Waals surface area contributed by atoms with E-state index in [4.69, 9.17) is 5.11 Å². The minimum Gasteiger partial charge on any atom is -0.475 e. The van der Waals surface area contributed by atoms with E-state index < -0.39 is 5.97 Å². The average molecular weight is 185 g/mol. The number of hydrogen-bond acceptors (Lipinski definition) is 2. The second kappa shape index (κ2) is 5.14. The summed E-state index contributed by atoms with van der Waals surface area (Å²) in [5, 5.41) is 8.18. The van der Waals surface area contributed by atoms with Crippen molar-refractivity contribution in [3.05, 3.63) is 24.2 Å². The number of carboxylic acid groups (broad SMARTS) is 1. The van der Waals surface area contributed by atoms with Crippen LogP contribution in [-0.2, 0) is 0 Å². The van der Waals surface area contributed by atoms with Crippen molar-refractivity contribution in [2.75, 3.05) is 0 Å². The van der Waals surface area contributed by atoms with Gasteiger partial charge >= 0.3 is 5.97 Å². The van der Waals surface area contributed by atoms with Crippen LogP contribution in [0.4, 0.5) is 0 Å². The van der Waals surface area contributed by atoms with Gasteiger partial charge in [-0.3, -0.25) is 0 Å². The molecule has 0 aromatic carbocycles. The Bertz CT molecular complexity index is 183. The third-order valence-corrected chi connectivity index (χ3v) is 0.732. The van der Waals surface area contributed by atoms with E-state index in [1.807, 2.05) is 0 Å². The van der Waals surface area contributed by atoms with Gasteiger partial charge in [-0.2, -0.15) is 0 Å². The van der Waals surface area contributed by atoms with Crippen molar-refractivity contribution in [1.82, 2.24) is 0 Å². The van der Waals surface area contributed by atoms with Crippen LogP contribution in [0.3, 0.4) is 0 Å². The van der Waals surface area contributed by atoms with Gasteiger partial charge in [0.25, 0.3) is 0 Å². The second-order valence-corrected chi connectivity index (χ2v) is 1.28. The second-order valence-electron chi connectivity index (χ2n) is 1.28. The molecule has 0 saturated carbocycles. The Kier molecular flexibility index (Phi) is 6.20. The molecule has 0 saturated heterocycles. The van der Waals surface area contributed by atoms with Crippen LogP contribution in [-0.4, -0.2) is 11.1 Å². The van der Waals surface area contributed by atoms with Crippen LogP contribution in [0.25, 0.3) is 0 Å². The van der Waals surface area contributed by atoms with Crippen molar-refractivity contribution in [2.24, 2.45) is 0 Å². The van der Waals surface area contributed by atoms with E-state index in [9.17, 15) is 4.79 Å². The van der Waals surface area contributed by atoms with Gasteiger partial charge in [0.15, 0.2) is 0 Å². The minimum absolute atomic E-state index is 0. The van der Waals surface area contributed by atoms with Crippen LogP contribution in [0.2, 0.25) is 0 Å². The summed E-state index contributed by atoms with van der Waals surface area (Å²) in [6, 6.07) is 2.92. The van der Waals surface area contributed by atoms with Crippen LogP contribution < -0.4 is 0 Å². The molecule has 1 N–H and O–H groups in total. The SMILES string of the molecule is Cl.Cl.O=C(O)c1ccco1. The molecule has 10 heavy (non-hydrogen) atoms. The highest BCUT2D eigenvalue weighted by Gasteiger charge is 2.01. The lowest BCUT2D eigenvalue weighted by molar-refractivity contribution is 0.0662. The van der Waals surface area contributed by atoms with Crippen LogP contribution in [0, 0.1) is 0 Å². The Labute approximate surface area is 69.9 Å². The quantitative estimate of drug-likeness (QED) is 0.725. The first-order valence-electron chi connectivity index (χ1n) is 2.07. The maximum atomic E-state index is 9.97. The summed E-state index contributed by atoms with van der Waals surface area (Å²) in [6.07, 6.45) is 1.32. The predicted octanol–water partition coefficient (Wildman–Crippen LogP) is 1.82. The Morgan fingerprint density at radius 1 is 1.50 bits per heavy atom. The molecule has 0 aliphatic carbocycles. The van der Waals surface area contributed by atoms with Crippen LogP contribution in [0.5, 0.6) is 0 Å². The first-order valence-corrected chi connectivity index (χ1v) is 2.07. The molecule has 0 radical (unpaired) electrons. The van der Waals surface area contributed by atoms with Crippen LogP contribution >= 0.6 is 24.8 Å². The highest BCUT2D eigenvalue weighted by molar-refractivity contribution is 5.85. The summed E-state index contributed by atoms with van der Waals surface area (Å²) in [5.74, 6) is -1.06. The molecule has 3 nitrogen and oxygen atoms in total. The highest BCUT2D eigenvalue weighted by Crippen LogP contribution is 1.97. The molecule has 0 spiro atoms. The summed E-state index contributed by atoms with van der Waals surface area (Å²) in [7, 11) is 0. The molecule has 0 aliphatic heterocycles. The lowest BCUT2D eigenvalue weighted by Gasteiger charge is -1.79. The van der Waals surface area contributed by atoms with E-state index in [1.165, 1.54) is 18.4 Å². The van der Waals surface area contributed by atoms with Crippen molar-refractivity contribution in [3.8, 4) is 0 Å². The molecule has 58 valence electrons. The Balaban J connectivity index is 0. The number of hydrogen-bond donors (Lipinski definition) is 1. The molecular weight excluding hydrogens is 179 g/mol. The zero-order chi connectivity index (χ0) is 5.98. The fourth-order valence-electron chi connectivity index (χ4n) is 0.400. The van der Waals surface area contributed by atoms with E-state index in [-0.39, 0.29) is 30.6 Å². The van der Waals surface area contributed by atoms with E-state index in [2.05, 4.69) is 4.42 Å². The number of carbonyl (C=O) groups is 1. The van der Waals surface area contributed by atoms with Gasteiger partial charge in [0.05, 0.1) is 6.26 Å². The van der Waals surface area contributed by atoms with Crippen LogP contribution in [0.1, 0.15) is 10.6 Å².